The molecule has 2 amide bonds. The second-order valence-corrected chi connectivity index (χ2v) is 8.22. The molecule has 1 aliphatic rings. The van der Waals surface area contributed by atoms with Crippen LogP contribution < -0.4 is 5.32 Å². The first-order valence-corrected chi connectivity index (χ1v) is 10.6. The number of hydrogen-bond acceptors (Lipinski definition) is 3. The van der Waals surface area contributed by atoms with Gasteiger partial charge in [-0.3, -0.25) is 14.5 Å². The van der Waals surface area contributed by atoms with E-state index >= 15 is 0 Å². The molecular weight excluding hydrogens is 414 g/mol. The molecule has 2 N–H and O–H groups in total. The minimum Gasteiger partial charge on any atom is -0.357 e. The second-order valence-electron chi connectivity index (χ2n) is 8.22. The van der Waals surface area contributed by atoms with E-state index in [1.807, 2.05) is 31.2 Å². The maximum absolute atomic E-state index is 14.2. The summed E-state index contributed by atoms with van der Waals surface area (Å²) in [6, 6.07) is 11.2. The van der Waals surface area contributed by atoms with Crippen molar-refractivity contribution in [1.29, 1.82) is 0 Å². The standard InChI is InChI=1S/C24H26F2N4O2/c1-15-17-7-3-4-9-19(17)28-20(15)14-29(2)22(31)12-21-24(32)27-10-11-30(21)13-16-6-5-8-18(25)23(16)26/h3-9,21,28H,10-14H2,1-2H3,(H,27,32). The number of halogens is 2. The molecule has 0 spiro atoms. The lowest BCUT2D eigenvalue weighted by atomic mass is 10.1. The first-order chi connectivity index (χ1) is 15.3. The van der Waals surface area contributed by atoms with Crippen molar-refractivity contribution in [2.24, 2.45) is 0 Å². The average Bonchev–Trinajstić information content (AvgIpc) is 3.09. The molecule has 2 heterocycles. The molecule has 0 saturated carbocycles. The van der Waals surface area contributed by atoms with Gasteiger partial charge in [-0.2, -0.15) is 0 Å². The summed E-state index contributed by atoms with van der Waals surface area (Å²) in [6.07, 6.45) is -0.0431. The van der Waals surface area contributed by atoms with Gasteiger partial charge in [0.2, 0.25) is 11.8 Å². The number of nitrogens with one attached hydrogen (secondary N) is 2. The number of hydrogen-bond donors (Lipinski definition) is 2. The van der Waals surface area contributed by atoms with Crippen LogP contribution >= 0.6 is 0 Å². The van der Waals surface area contributed by atoms with Crippen molar-refractivity contribution < 1.29 is 18.4 Å². The molecule has 0 aliphatic carbocycles. The molecule has 1 aromatic heterocycles. The molecule has 1 aliphatic heterocycles. The lowest BCUT2D eigenvalue weighted by Gasteiger charge is -2.35. The highest BCUT2D eigenvalue weighted by Gasteiger charge is 2.33. The Labute approximate surface area is 185 Å². The van der Waals surface area contributed by atoms with E-state index in [4.69, 9.17) is 0 Å². The molecule has 4 rings (SSSR count). The fourth-order valence-electron chi connectivity index (χ4n) is 4.21. The van der Waals surface area contributed by atoms with Crippen molar-refractivity contribution in [3.05, 3.63) is 70.9 Å². The molecule has 1 fully saturated rings. The Kier molecular flexibility index (Phi) is 6.23. The molecule has 32 heavy (non-hydrogen) atoms. The third kappa shape index (κ3) is 4.36. The average molecular weight is 440 g/mol. The number of nitrogens with zero attached hydrogens (tertiary/aromatic N) is 2. The molecule has 3 aromatic rings. The predicted molar refractivity (Wildman–Crippen MR) is 118 cm³/mol. The van der Waals surface area contributed by atoms with Gasteiger partial charge in [-0.1, -0.05) is 30.3 Å². The smallest absolute Gasteiger partial charge is 0.237 e. The lowest BCUT2D eigenvalue weighted by molar-refractivity contribution is -0.138. The van der Waals surface area contributed by atoms with E-state index < -0.39 is 17.7 Å². The molecule has 1 saturated heterocycles. The number of aromatic nitrogens is 1. The minimum absolute atomic E-state index is 0.0431. The number of para-hydroxylation sites is 1. The first kappa shape index (κ1) is 22.0. The van der Waals surface area contributed by atoms with Gasteiger partial charge in [0.15, 0.2) is 11.6 Å². The summed E-state index contributed by atoms with van der Waals surface area (Å²) < 4.78 is 27.8. The number of benzene rings is 2. The van der Waals surface area contributed by atoms with Gasteiger partial charge in [-0.15, -0.1) is 0 Å². The van der Waals surface area contributed by atoms with E-state index in [0.29, 0.717) is 19.6 Å². The summed E-state index contributed by atoms with van der Waals surface area (Å²) >= 11 is 0. The summed E-state index contributed by atoms with van der Waals surface area (Å²) in [6.45, 7) is 3.29. The summed E-state index contributed by atoms with van der Waals surface area (Å²) in [5.74, 6) is -2.33. The number of carbonyl (C=O) groups excluding carboxylic acids is 2. The summed E-state index contributed by atoms with van der Waals surface area (Å²) in [5, 5.41) is 3.88. The summed E-state index contributed by atoms with van der Waals surface area (Å²) in [7, 11) is 1.70. The van der Waals surface area contributed by atoms with Crippen LogP contribution in [0.5, 0.6) is 0 Å². The fourth-order valence-corrected chi connectivity index (χ4v) is 4.21. The van der Waals surface area contributed by atoms with E-state index in [0.717, 1.165) is 28.2 Å². The van der Waals surface area contributed by atoms with Crippen LogP contribution in [-0.2, 0) is 22.7 Å². The molecule has 8 heteroatoms. The van der Waals surface area contributed by atoms with Crippen molar-refractivity contribution in [3.63, 3.8) is 0 Å². The maximum atomic E-state index is 14.2. The van der Waals surface area contributed by atoms with Gasteiger partial charge in [-0.05, 0) is 24.6 Å². The zero-order chi connectivity index (χ0) is 22.8. The van der Waals surface area contributed by atoms with Gasteiger partial charge in [0.1, 0.15) is 0 Å². The molecule has 168 valence electrons. The molecule has 0 bridgehead atoms. The maximum Gasteiger partial charge on any atom is 0.237 e. The van der Waals surface area contributed by atoms with E-state index in [-0.39, 0.29) is 30.3 Å². The second kappa shape index (κ2) is 9.08. The Morgan fingerprint density at radius 1 is 1.19 bits per heavy atom. The summed E-state index contributed by atoms with van der Waals surface area (Å²) in [5.41, 5.74) is 3.20. The molecule has 0 radical (unpaired) electrons. The quantitative estimate of drug-likeness (QED) is 0.619. The van der Waals surface area contributed by atoms with Gasteiger partial charge < -0.3 is 15.2 Å². The Bertz CT molecular complexity index is 1160. The van der Waals surface area contributed by atoms with Crippen molar-refractivity contribution in [1.82, 2.24) is 20.1 Å². The van der Waals surface area contributed by atoms with Crippen LogP contribution in [0, 0.1) is 18.6 Å². The van der Waals surface area contributed by atoms with E-state index in [1.54, 1.807) is 16.8 Å². The Morgan fingerprint density at radius 2 is 1.97 bits per heavy atom. The highest BCUT2D eigenvalue weighted by atomic mass is 19.2. The third-order valence-corrected chi connectivity index (χ3v) is 6.10. The van der Waals surface area contributed by atoms with Gasteiger partial charge in [0, 0.05) is 48.8 Å². The Balaban J connectivity index is 1.47. The third-order valence-electron chi connectivity index (χ3n) is 6.10. The van der Waals surface area contributed by atoms with E-state index in [2.05, 4.69) is 10.3 Å². The summed E-state index contributed by atoms with van der Waals surface area (Å²) in [4.78, 5) is 32.2. The number of rotatable bonds is 6. The van der Waals surface area contributed by atoms with Crippen LogP contribution in [-0.4, -0.2) is 52.8 Å². The molecule has 2 aromatic carbocycles. The van der Waals surface area contributed by atoms with Gasteiger partial charge in [0.25, 0.3) is 0 Å². The van der Waals surface area contributed by atoms with E-state index in [9.17, 15) is 18.4 Å². The molecule has 1 atom stereocenters. The molecule has 6 nitrogen and oxygen atoms in total. The van der Waals surface area contributed by atoms with Crippen LogP contribution in [0.15, 0.2) is 42.5 Å². The zero-order valence-corrected chi connectivity index (χ0v) is 18.1. The van der Waals surface area contributed by atoms with Crippen LogP contribution in [0.25, 0.3) is 10.9 Å². The van der Waals surface area contributed by atoms with Crippen molar-refractivity contribution >= 4 is 22.7 Å². The number of carbonyl (C=O) groups is 2. The van der Waals surface area contributed by atoms with Gasteiger partial charge >= 0.3 is 0 Å². The number of H-pyrrole nitrogens is 1. The SMILES string of the molecule is Cc1c(CN(C)C(=O)CC2C(=O)NCCN2Cc2cccc(F)c2F)[nH]c2ccccc12. The fraction of sp³-hybridized carbons (Fsp3) is 0.333. The van der Waals surface area contributed by atoms with Crippen LogP contribution in [0.3, 0.4) is 0 Å². The Morgan fingerprint density at radius 3 is 2.75 bits per heavy atom. The normalized spacial score (nSPS) is 16.9. The number of aromatic amines is 1. The number of piperazine rings is 1. The highest BCUT2D eigenvalue weighted by molar-refractivity contribution is 5.89. The number of amides is 2. The monoisotopic (exact) mass is 440 g/mol. The number of fused-ring (bicyclic) bond motifs is 1. The van der Waals surface area contributed by atoms with Crippen molar-refractivity contribution in [2.45, 2.75) is 32.5 Å². The highest BCUT2D eigenvalue weighted by Crippen LogP contribution is 2.23. The molecule has 1 unspecified atom stereocenters. The van der Waals surface area contributed by atoms with Crippen molar-refractivity contribution in [3.8, 4) is 0 Å². The molecular formula is C24H26F2N4O2. The van der Waals surface area contributed by atoms with Crippen LogP contribution in [0.4, 0.5) is 8.78 Å². The largest absolute Gasteiger partial charge is 0.357 e. The van der Waals surface area contributed by atoms with E-state index in [1.165, 1.54) is 12.1 Å². The lowest BCUT2D eigenvalue weighted by Crippen LogP contribution is -2.56. The van der Waals surface area contributed by atoms with Gasteiger partial charge in [-0.25, -0.2) is 8.78 Å². The van der Waals surface area contributed by atoms with Crippen LogP contribution in [0.1, 0.15) is 23.2 Å². The van der Waals surface area contributed by atoms with Gasteiger partial charge in [0.05, 0.1) is 19.0 Å². The topological polar surface area (TPSA) is 68.4 Å². The number of aryl methyl sites for hydroxylation is 1. The predicted octanol–water partition coefficient (Wildman–Crippen LogP) is 3.10. The first-order valence-electron chi connectivity index (χ1n) is 10.6. The van der Waals surface area contributed by atoms with Crippen molar-refractivity contribution in [2.75, 3.05) is 20.1 Å². The minimum atomic E-state index is -0.926. The van der Waals surface area contributed by atoms with Crippen LogP contribution in [0.2, 0.25) is 0 Å². The zero-order valence-electron chi connectivity index (χ0n) is 18.1. The Hall–Kier alpha value is -3.26.